The van der Waals surface area contributed by atoms with Crippen molar-refractivity contribution in [2.75, 3.05) is 13.1 Å². The van der Waals surface area contributed by atoms with Gasteiger partial charge in [-0.25, -0.2) is 14.1 Å². The Bertz CT molecular complexity index is 1610. The van der Waals surface area contributed by atoms with Crippen LogP contribution in [0.1, 0.15) is 39.5 Å². The highest BCUT2D eigenvalue weighted by Crippen LogP contribution is 2.51. The van der Waals surface area contributed by atoms with E-state index in [1.807, 2.05) is 48.5 Å². The average Bonchev–Trinajstić information content (AvgIpc) is 3.58. The Balaban J connectivity index is 1.13. The second kappa shape index (κ2) is 11.7. The molecule has 214 valence electrons. The smallest absolute Gasteiger partial charge is 0.287 e. The molecular formula is C32H31FN6O3. The van der Waals surface area contributed by atoms with Crippen molar-refractivity contribution >= 4 is 17.6 Å². The molecule has 1 aliphatic heterocycles. The lowest BCUT2D eigenvalue weighted by Crippen LogP contribution is -2.47. The van der Waals surface area contributed by atoms with E-state index >= 15 is 0 Å². The maximum absolute atomic E-state index is 13.4. The van der Waals surface area contributed by atoms with Crippen molar-refractivity contribution in [3.05, 3.63) is 113 Å². The van der Waals surface area contributed by atoms with E-state index in [2.05, 4.69) is 15.2 Å². The zero-order chi connectivity index (χ0) is 29.2. The fourth-order valence-corrected chi connectivity index (χ4v) is 6.24. The van der Waals surface area contributed by atoms with Gasteiger partial charge in [0, 0.05) is 38.4 Å². The highest BCUT2D eigenvalue weighted by atomic mass is 19.1. The van der Waals surface area contributed by atoms with Crippen molar-refractivity contribution in [2.24, 2.45) is 17.6 Å². The van der Waals surface area contributed by atoms with Crippen LogP contribution in [0.3, 0.4) is 0 Å². The summed E-state index contributed by atoms with van der Waals surface area (Å²) >= 11 is 0. The van der Waals surface area contributed by atoms with Crippen LogP contribution in [-0.2, 0) is 22.6 Å². The molecule has 2 fully saturated rings. The monoisotopic (exact) mass is 566 g/mol. The van der Waals surface area contributed by atoms with Gasteiger partial charge >= 0.3 is 0 Å². The predicted octanol–water partition coefficient (Wildman–Crippen LogP) is 3.04. The third-order valence-corrected chi connectivity index (χ3v) is 8.36. The van der Waals surface area contributed by atoms with E-state index in [0.717, 1.165) is 30.8 Å². The van der Waals surface area contributed by atoms with Gasteiger partial charge in [0.2, 0.25) is 5.78 Å². The summed E-state index contributed by atoms with van der Waals surface area (Å²) in [6.07, 6.45) is 4.56. The van der Waals surface area contributed by atoms with E-state index in [-0.39, 0.29) is 17.8 Å². The van der Waals surface area contributed by atoms with E-state index in [9.17, 15) is 18.8 Å². The third kappa shape index (κ3) is 5.71. The topological polar surface area (TPSA) is 123 Å². The molecule has 4 atom stereocenters. The first kappa shape index (κ1) is 27.5. The second-order valence-corrected chi connectivity index (χ2v) is 11.1. The van der Waals surface area contributed by atoms with Crippen LogP contribution in [-0.4, -0.2) is 56.4 Å². The summed E-state index contributed by atoms with van der Waals surface area (Å²) in [4.78, 5) is 44.4. The first-order chi connectivity index (χ1) is 20.4. The molecule has 3 heterocycles. The number of ketones is 1. The number of carbonyl (C=O) groups is 3. The van der Waals surface area contributed by atoms with Gasteiger partial charge in [-0.05, 0) is 65.6 Å². The van der Waals surface area contributed by atoms with Crippen molar-refractivity contribution in [1.82, 2.24) is 25.0 Å². The van der Waals surface area contributed by atoms with Gasteiger partial charge in [-0.15, -0.1) is 0 Å². The van der Waals surface area contributed by atoms with Crippen molar-refractivity contribution in [1.29, 1.82) is 0 Å². The quantitative estimate of drug-likeness (QED) is 0.285. The molecule has 1 aliphatic carbocycles. The number of hydrogen-bond donors (Lipinski definition) is 2. The highest BCUT2D eigenvalue weighted by molar-refractivity contribution is 6.38. The van der Waals surface area contributed by atoms with Crippen LogP contribution in [0.2, 0.25) is 0 Å². The molecule has 1 saturated heterocycles. The summed E-state index contributed by atoms with van der Waals surface area (Å²) in [7, 11) is 0. The van der Waals surface area contributed by atoms with Crippen LogP contribution in [0.15, 0.2) is 85.2 Å². The molecule has 9 nitrogen and oxygen atoms in total. The van der Waals surface area contributed by atoms with Crippen LogP contribution in [0.4, 0.5) is 4.39 Å². The van der Waals surface area contributed by atoms with Crippen LogP contribution in [0.5, 0.6) is 0 Å². The summed E-state index contributed by atoms with van der Waals surface area (Å²) in [6.45, 7) is 2.60. The second-order valence-electron chi connectivity index (χ2n) is 11.1. The molecule has 3 N–H and O–H groups in total. The highest BCUT2D eigenvalue weighted by Gasteiger charge is 2.47. The molecule has 2 amide bonds. The maximum Gasteiger partial charge on any atom is 0.287 e. The van der Waals surface area contributed by atoms with Gasteiger partial charge in [0.1, 0.15) is 11.9 Å². The number of halogens is 1. The van der Waals surface area contributed by atoms with E-state index in [0.29, 0.717) is 30.1 Å². The molecule has 0 bridgehead atoms. The number of nitrogens with two attached hydrogens (primary N) is 1. The summed E-state index contributed by atoms with van der Waals surface area (Å²) in [5.41, 5.74) is 8.31. The largest absolute Gasteiger partial charge is 0.363 e. The van der Waals surface area contributed by atoms with Gasteiger partial charge < -0.3 is 11.1 Å². The molecule has 2 aromatic heterocycles. The molecule has 2 aliphatic rings. The summed E-state index contributed by atoms with van der Waals surface area (Å²) in [5.74, 6) is -0.815. The number of likely N-dealkylation sites (tertiary alicyclic amines) is 1. The fraction of sp³-hybridized carbons (Fsp3) is 0.281. The molecule has 1 saturated carbocycles. The Labute approximate surface area is 242 Å². The number of nitrogens with zero attached hydrogens (tertiary/aromatic N) is 4. The van der Waals surface area contributed by atoms with Crippen LogP contribution >= 0.6 is 0 Å². The third-order valence-electron chi connectivity index (χ3n) is 8.36. The van der Waals surface area contributed by atoms with Gasteiger partial charge in [-0.3, -0.25) is 19.3 Å². The molecular weight excluding hydrogens is 535 g/mol. The molecule has 0 spiro atoms. The number of rotatable bonds is 10. The van der Waals surface area contributed by atoms with Crippen molar-refractivity contribution in [2.45, 2.75) is 31.3 Å². The van der Waals surface area contributed by atoms with Crippen LogP contribution in [0.25, 0.3) is 5.82 Å². The van der Waals surface area contributed by atoms with Gasteiger partial charge in [0.15, 0.2) is 5.82 Å². The number of hydrogen-bond acceptors (Lipinski definition) is 6. The van der Waals surface area contributed by atoms with Crippen LogP contribution in [0, 0.1) is 17.7 Å². The number of benzene rings is 2. The number of primary amides is 1. The van der Waals surface area contributed by atoms with Crippen molar-refractivity contribution in [3.8, 4) is 5.82 Å². The molecule has 42 heavy (non-hydrogen) atoms. The van der Waals surface area contributed by atoms with E-state index in [1.54, 1.807) is 29.2 Å². The van der Waals surface area contributed by atoms with Crippen LogP contribution < -0.4 is 11.1 Å². The minimum atomic E-state index is -1.12. The first-order valence-corrected chi connectivity index (χ1v) is 14.0. The molecule has 6 rings (SSSR count). The summed E-state index contributed by atoms with van der Waals surface area (Å²) < 4.78 is 14.9. The molecule has 3 unspecified atom stereocenters. The zero-order valence-electron chi connectivity index (χ0n) is 22.9. The lowest BCUT2D eigenvalue weighted by Gasteiger charge is -2.40. The maximum atomic E-state index is 13.4. The average molecular weight is 567 g/mol. The molecule has 0 radical (unpaired) electrons. The first-order valence-electron chi connectivity index (χ1n) is 14.0. The van der Waals surface area contributed by atoms with E-state index < -0.39 is 23.6 Å². The van der Waals surface area contributed by atoms with Crippen molar-refractivity contribution in [3.63, 3.8) is 0 Å². The number of carbonyl (C=O) groups excluding carboxylic acids is 3. The number of pyridine rings is 1. The number of fused-ring (bicyclic) bond motifs is 1. The Hall–Kier alpha value is -4.70. The lowest BCUT2D eigenvalue weighted by atomic mass is 9.64. The Morgan fingerprint density at radius 1 is 1.00 bits per heavy atom. The standard InChI is InChI=1S/C32H31FN6O3/c33-23-10-8-21(9-11-23)26-16-22-17-38(19-27(22)26)18-24-12-14-39(37-24)31-25(7-4-13-35-31)32(42)36-28(29(40)30(34)41)15-20-5-2-1-3-6-20/h1-14,22,26-28H,15-19H2,(H2,34,41)(H,36,42)/t22?,26-,27?,28?/m0/s1. The SMILES string of the molecule is NC(=O)C(=O)C(Cc1ccccc1)NC(=O)c1cccnc1-n1ccc(CN2CC3C[C@@H](c4ccc(F)cc4)C3C2)n1. The minimum Gasteiger partial charge on any atom is -0.363 e. The number of Topliss-reactive ketones (excluding diaryl/α,β-unsaturated/α-hetero) is 1. The lowest BCUT2D eigenvalue weighted by molar-refractivity contribution is -0.137. The Morgan fingerprint density at radius 2 is 1.79 bits per heavy atom. The Kier molecular flexibility index (Phi) is 7.62. The predicted molar refractivity (Wildman–Crippen MR) is 153 cm³/mol. The van der Waals surface area contributed by atoms with Gasteiger partial charge in [-0.2, -0.15) is 5.10 Å². The fourth-order valence-electron chi connectivity index (χ4n) is 6.24. The summed E-state index contributed by atoms with van der Waals surface area (Å²) in [6, 6.07) is 20.0. The molecule has 2 aromatic carbocycles. The van der Waals surface area contributed by atoms with Gasteiger partial charge in [0.25, 0.3) is 11.8 Å². The molecule has 10 heteroatoms. The number of amides is 2. The normalized spacial score (nSPS) is 20.4. The van der Waals surface area contributed by atoms with E-state index in [4.69, 9.17) is 10.8 Å². The van der Waals surface area contributed by atoms with Gasteiger partial charge in [0.05, 0.1) is 11.3 Å². The minimum absolute atomic E-state index is 0.121. The number of nitrogens with one attached hydrogen (secondary N) is 1. The Morgan fingerprint density at radius 3 is 2.55 bits per heavy atom. The molecule has 4 aromatic rings. The van der Waals surface area contributed by atoms with Crippen molar-refractivity contribution < 1.29 is 18.8 Å². The van der Waals surface area contributed by atoms with Gasteiger partial charge in [-0.1, -0.05) is 42.5 Å². The number of aromatic nitrogens is 3. The van der Waals surface area contributed by atoms with E-state index in [1.165, 1.54) is 17.7 Å². The summed E-state index contributed by atoms with van der Waals surface area (Å²) in [5, 5.41) is 7.38. The zero-order valence-corrected chi connectivity index (χ0v) is 22.9.